The first-order chi connectivity index (χ1) is 17.8. The second kappa shape index (κ2) is 9.82. The lowest BCUT2D eigenvalue weighted by Crippen LogP contribution is -2.37. The molecule has 0 aliphatic carbocycles. The van der Waals surface area contributed by atoms with Crippen LogP contribution < -0.4 is 16.0 Å². The van der Waals surface area contributed by atoms with E-state index in [2.05, 4.69) is 30.9 Å². The number of ketones is 1. The van der Waals surface area contributed by atoms with Crippen molar-refractivity contribution in [1.82, 2.24) is 15.3 Å². The highest BCUT2D eigenvalue weighted by Crippen LogP contribution is 2.35. The Bertz CT molecular complexity index is 1600. The van der Waals surface area contributed by atoms with E-state index >= 15 is 0 Å². The number of rotatable bonds is 5. The molecule has 186 valence electrons. The van der Waals surface area contributed by atoms with Crippen molar-refractivity contribution in [2.24, 2.45) is 4.99 Å². The van der Waals surface area contributed by atoms with Crippen molar-refractivity contribution >= 4 is 52.2 Å². The number of oxazole rings is 1. The SMILES string of the molecule is CC(=O)c1ccc(NC(=O)C2=C(C)NC(Nc3nc4ccc(F)cc4o3)=NC2c2ccccc2Cl)nc1. The van der Waals surface area contributed by atoms with Gasteiger partial charge in [0.05, 0.1) is 5.57 Å². The van der Waals surface area contributed by atoms with Crippen molar-refractivity contribution in [3.63, 3.8) is 0 Å². The lowest BCUT2D eigenvalue weighted by molar-refractivity contribution is -0.113. The number of nitrogens with zero attached hydrogens (tertiary/aromatic N) is 3. The van der Waals surface area contributed by atoms with Crippen molar-refractivity contribution in [2.45, 2.75) is 19.9 Å². The highest BCUT2D eigenvalue weighted by Gasteiger charge is 2.31. The van der Waals surface area contributed by atoms with Crippen molar-refractivity contribution in [3.8, 4) is 0 Å². The smallest absolute Gasteiger partial charge is 0.302 e. The number of anilines is 2. The predicted octanol–water partition coefficient (Wildman–Crippen LogP) is 5.24. The lowest BCUT2D eigenvalue weighted by Gasteiger charge is -2.26. The van der Waals surface area contributed by atoms with E-state index in [9.17, 15) is 14.0 Å². The van der Waals surface area contributed by atoms with Gasteiger partial charge in [0.2, 0.25) is 5.96 Å². The van der Waals surface area contributed by atoms with Gasteiger partial charge >= 0.3 is 6.01 Å². The molecule has 5 rings (SSSR count). The average molecular weight is 519 g/mol. The van der Waals surface area contributed by atoms with Crippen molar-refractivity contribution in [3.05, 3.63) is 94.0 Å². The molecular formula is C26H20ClFN6O3. The van der Waals surface area contributed by atoms with Gasteiger partial charge in [-0.25, -0.2) is 14.4 Å². The van der Waals surface area contributed by atoms with Gasteiger partial charge in [0, 0.05) is 34.1 Å². The van der Waals surface area contributed by atoms with E-state index in [1.807, 2.05) is 0 Å². The third-order valence-corrected chi connectivity index (χ3v) is 6.02. The number of guanidine groups is 1. The Morgan fingerprint density at radius 1 is 1.14 bits per heavy atom. The molecular weight excluding hydrogens is 499 g/mol. The highest BCUT2D eigenvalue weighted by atomic mass is 35.5. The second-order valence-electron chi connectivity index (χ2n) is 8.26. The van der Waals surface area contributed by atoms with Gasteiger partial charge in [0.25, 0.3) is 5.91 Å². The van der Waals surface area contributed by atoms with Crippen LogP contribution in [0.25, 0.3) is 11.1 Å². The molecule has 1 atom stereocenters. The number of amides is 1. The number of hydrogen-bond donors (Lipinski definition) is 3. The predicted molar refractivity (Wildman–Crippen MR) is 138 cm³/mol. The molecule has 1 aliphatic heterocycles. The van der Waals surface area contributed by atoms with Gasteiger partial charge in [-0.05, 0) is 44.2 Å². The summed E-state index contributed by atoms with van der Waals surface area (Å²) in [6.07, 6.45) is 1.40. The molecule has 3 N–H and O–H groups in total. The summed E-state index contributed by atoms with van der Waals surface area (Å²) in [6.45, 7) is 3.16. The quantitative estimate of drug-likeness (QED) is 0.309. The van der Waals surface area contributed by atoms with Crippen LogP contribution in [0.1, 0.15) is 35.8 Å². The fourth-order valence-corrected chi connectivity index (χ4v) is 4.11. The topological polar surface area (TPSA) is 122 Å². The molecule has 0 bridgehead atoms. The van der Waals surface area contributed by atoms with Crippen LogP contribution in [0.15, 0.2) is 81.5 Å². The molecule has 1 unspecified atom stereocenters. The zero-order chi connectivity index (χ0) is 26.1. The molecule has 4 aromatic rings. The second-order valence-corrected chi connectivity index (χ2v) is 8.67. The number of nitrogens with one attached hydrogen (secondary N) is 3. The molecule has 3 heterocycles. The molecule has 9 nitrogen and oxygen atoms in total. The Labute approximate surface area is 215 Å². The summed E-state index contributed by atoms with van der Waals surface area (Å²) in [4.78, 5) is 38.0. The van der Waals surface area contributed by atoms with E-state index in [-0.39, 0.29) is 29.2 Å². The van der Waals surface area contributed by atoms with Gasteiger partial charge in [-0.3, -0.25) is 14.9 Å². The number of carbonyl (C=O) groups excluding carboxylic acids is 2. The van der Waals surface area contributed by atoms with Crippen LogP contribution in [-0.2, 0) is 4.79 Å². The maximum Gasteiger partial charge on any atom is 0.302 e. The first-order valence-electron chi connectivity index (χ1n) is 11.2. The lowest BCUT2D eigenvalue weighted by atomic mass is 9.95. The Morgan fingerprint density at radius 2 is 1.95 bits per heavy atom. The molecule has 2 aromatic carbocycles. The summed E-state index contributed by atoms with van der Waals surface area (Å²) in [5.74, 6) is -0.479. The maximum absolute atomic E-state index is 13.5. The Kier molecular flexibility index (Phi) is 6.41. The summed E-state index contributed by atoms with van der Waals surface area (Å²) >= 11 is 6.48. The van der Waals surface area contributed by atoms with E-state index in [4.69, 9.17) is 16.0 Å². The fraction of sp³-hybridized carbons (Fsp3) is 0.115. The Morgan fingerprint density at radius 3 is 2.68 bits per heavy atom. The average Bonchev–Trinajstić information content (AvgIpc) is 3.25. The van der Waals surface area contributed by atoms with Gasteiger partial charge in [-0.1, -0.05) is 29.8 Å². The Hall–Kier alpha value is -4.57. The number of hydrogen-bond acceptors (Lipinski definition) is 8. The molecule has 1 aliphatic rings. The molecule has 37 heavy (non-hydrogen) atoms. The van der Waals surface area contributed by atoms with Gasteiger partial charge in [-0.15, -0.1) is 0 Å². The molecule has 11 heteroatoms. The zero-order valence-electron chi connectivity index (χ0n) is 19.7. The number of aliphatic imine (C=N–C) groups is 1. The van der Waals surface area contributed by atoms with Crippen molar-refractivity contribution in [2.75, 3.05) is 10.6 Å². The monoisotopic (exact) mass is 518 g/mol. The van der Waals surface area contributed by atoms with Gasteiger partial charge < -0.3 is 15.1 Å². The normalized spacial score (nSPS) is 15.2. The Balaban J connectivity index is 1.46. The van der Waals surface area contributed by atoms with Gasteiger partial charge in [-0.2, -0.15) is 4.98 Å². The van der Waals surface area contributed by atoms with Crippen LogP contribution in [0.2, 0.25) is 5.02 Å². The van der Waals surface area contributed by atoms with E-state index in [1.165, 1.54) is 31.3 Å². The minimum atomic E-state index is -0.782. The van der Waals surface area contributed by atoms with Crippen LogP contribution in [0.4, 0.5) is 16.2 Å². The maximum atomic E-state index is 13.5. The number of carbonyl (C=O) groups is 2. The number of fused-ring (bicyclic) bond motifs is 1. The third kappa shape index (κ3) is 5.05. The molecule has 0 fully saturated rings. The number of aromatic nitrogens is 2. The van der Waals surface area contributed by atoms with Gasteiger partial charge in [0.15, 0.2) is 11.4 Å². The summed E-state index contributed by atoms with van der Waals surface area (Å²) in [7, 11) is 0. The minimum absolute atomic E-state index is 0.0974. The summed E-state index contributed by atoms with van der Waals surface area (Å²) in [5, 5.41) is 9.19. The zero-order valence-corrected chi connectivity index (χ0v) is 20.4. The van der Waals surface area contributed by atoms with Crippen LogP contribution in [0, 0.1) is 5.82 Å². The standard InChI is InChI=1S/C26H20ClFN6O3/c1-13-22(24(36)32-21-10-7-15(12-29-21)14(2)35)23(17-5-3-4-6-18(17)27)33-25(30-13)34-26-31-19-9-8-16(28)11-20(19)37-26/h3-12,23H,1-2H3,(H,29,32,36)(H2,30,31,33,34). The molecule has 0 saturated carbocycles. The number of halogens is 2. The van der Waals surface area contributed by atoms with Crippen molar-refractivity contribution < 1.29 is 18.4 Å². The van der Waals surface area contributed by atoms with Crippen LogP contribution in [0.5, 0.6) is 0 Å². The number of allylic oxidation sites excluding steroid dienone is 1. The van der Waals surface area contributed by atoms with E-state index < -0.39 is 17.8 Å². The first kappa shape index (κ1) is 24.1. The van der Waals surface area contributed by atoms with Crippen LogP contribution in [0.3, 0.4) is 0 Å². The largest absolute Gasteiger partial charge is 0.423 e. The molecule has 0 saturated heterocycles. The molecule has 0 spiro atoms. The van der Waals surface area contributed by atoms with Gasteiger partial charge in [0.1, 0.15) is 23.2 Å². The number of pyridine rings is 1. The summed E-state index contributed by atoms with van der Waals surface area (Å²) in [6, 6.07) is 13.6. The number of Topliss-reactive ketones (excluding diaryl/α,β-unsaturated/α-hetero) is 1. The van der Waals surface area contributed by atoms with E-state index in [0.29, 0.717) is 32.9 Å². The summed E-state index contributed by atoms with van der Waals surface area (Å²) in [5.41, 5.74) is 2.60. The number of benzene rings is 2. The molecule has 0 radical (unpaired) electrons. The van der Waals surface area contributed by atoms with Crippen molar-refractivity contribution in [1.29, 1.82) is 0 Å². The highest BCUT2D eigenvalue weighted by molar-refractivity contribution is 6.31. The van der Waals surface area contributed by atoms with E-state index in [1.54, 1.807) is 43.3 Å². The summed E-state index contributed by atoms with van der Waals surface area (Å²) < 4.78 is 19.1. The van der Waals surface area contributed by atoms with Crippen LogP contribution >= 0.6 is 11.6 Å². The third-order valence-electron chi connectivity index (χ3n) is 5.67. The first-order valence-corrected chi connectivity index (χ1v) is 11.6. The minimum Gasteiger partial charge on any atom is -0.423 e. The molecule has 2 aromatic heterocycles. The molecule has 1 amide bonds. The van der Waals surface area contributed by atoms with Crippen LogP contribution in [-0.4, -0.2) is 27.6 Å². The fourth-order valence-electron chi connectivity index (χ4n) is 3.87. The van der Waals surface area contributed by atoms with E-state index in [0.717, 1.165) is 0 Å².